The average Bonchev–Trinajstić information content (AvgIpc) is 3.45. The van der Waals surface area contributed by atoms with Crippen LogP contribution < -0.4 is 19.7 Å². The van der Waals surface area contributed by atoms with E-state index in [0.29, 0.717) is 23.0 Å². The monoisotopic (exact) mass is 414 g/mol. The van der Waals surface area contributed by atoms with Crippen LogP contribution in [-0.2, 0) is 11.3 Å². The fourth-order valence-electron chi connectivity index (χ4n) is 3.67. The topological polar surface area (TPSA) is 68.6 Å². The first-order valence-electron chi connectivity index (χ1n) is 9.64. The summed E-state index contributed by atoms with van der Waals surface area (Å²) < 4.78 is 39.9. The molecule has 2 heterocycles. The lowest BCUT2D eigenvalue weighted by molar-refractivity contribution is -0.192. The van der Waals surface area contributed by atoms with E-state index in [9.17, 15) is 13.6 Å². The number of nitrogens with zero attached hydrogens (tertiary/aromatic N) is 3. The molecule has 1 aliphatic heterocycles. The molecule has 1 fully saturated rings. The number of anilines is 3. The first-order chi connectivity index (χ1) is 14.4. The lowest BCUT2D eigenvalue weighted by Crippen LogP contribution is -2.48. The highest BCUT2D eigenvalue weighted by Gasteiger charge is 2.49. The van der Waals surface area contributed by atoms with Crippen LogP contribution >= 0.6 is 0 Å². The molecule has 2 aromatic carbocycles. The molecule has 156 valence electrons. The normalized spacial score (nSPS) is 17.6. The fourth-order valence-corrected chi connectivity index (χ4v) is 3.67. The van der Waals surface area contributed by atoms with Gasteiger partial charge in [-0.2, -0.15) is 8.78 Å². The highest BCUT2D eigenvalue weighted by atomic mass is 19.3. The summed E-state index contributed by atoms with van der Waals surface area (Å²) in [5.74, 6) is -0.201. The number of likely N-dealkylation sites (N-methyl/N-ethyl adjacent to an activating group) is 1. The van der Waals surface area contributed by atoms with Crippen LogP contribution in [0.2, 0.25) is 0 Å². The molecule has 1 aromatic heterocycles. The van der Waals surface area contributed by atoms with E-state index in [-0.39, 0.29) is 11.4 Å². The zero-order valence-electron chi connectivity index (χ0n) is 16.5. The Hall–Kier alpha value is -3.36. The van der Waals surface area contributed by atoms with Crippen LogP contribution in [0.25, 0.3) is 11.0 Å². The summed E-state index contributed by atoms with van der Waals surface area (Å²) in [6.07, 6.45) is 0.398. The summed E-state index contributed by atoms with van der Waals surface area (Å²) >= 11 is 0. The third-order valence-electron chi connectivity index (χ3n) is 5.49. The minimum absolute atomic E-state index is 0.0779. The highest BCUT2D eigenvalue weighted by Crippen LogP contribution is 2.41. The first-order valence-corrected chi connectivity index (χ1v) is 9.64. The average molecular weight is 414 g/mol. The van der Waals surface area contributed by atoms with Crippen LogP contribution in [0.1, 0.15) is 12.8 Å². The number of alkyl halides is 2. The van der Waals surface area contributed by atoms with E-state index in [1.54, 1.807) is 19.2 Å². The number of nitrogens with one attached hydrogen (secondary N) is 1. The van der Waals surface area contributed by atoms with Crippen molar-refractivity contribution in [3.05, 3.63) is 36.7 Å². The molecule has 0 radical (unpaired) electrons. The zero-order chi connectivity index (χ0) is 21.0. The number of carbonyl (C=O) groups is 1. The number of rotatable bonds is 5. The Morgan fingerprint density at radius 3 is 2.83 bits per heavy atom. The number of aromatic nitrogens is 2. The van der Waals surface area contributed by atoms with Gasteiger partial charge in [-0.25, -0.2) is 4.98 Å². The summed E-state index contributed by atoms with van der Waals surface area (Å²) in [6.45, 7) is 0.921. The molecule has 0 saturated heterocycles. The van der Waals surface area contributed by atoms with E-state index < -0.39 is 12.0 Å². The number of hydrogen-bond donors (Lipinski definition) is 1. The summed E-state index contributed by atoms with van der Waals surface area (Å²) in [7, 11) is 2.85. The van der Waals surface area contributed by atoms with Crippen LogP contribution in [0.4, 0.5) is 25.8 Å². The predicted molar refractivity (Wildman–Crippen MR) is 108 cm³/mol. The Morgan fingerprint density at radius 1 is 1.30 bits per heavy atom. The lowest BCUT2D eigenvalue weighted by atomic mass is 10.2. The maximum absolute atomic E-state index is 13.8. The molecule has 3 aromatic rings. The van der Waals surface area contributed by atoms with Gasteiger partial charge in [0.2, 0.25) is 0 Å². The molecule has 0 spiro atoms. The van der Waals surface area contributed by atoms with Gasteiger partial charge in [0, 0.05) is 31.4 Å². The Bertz CT molecular complexity index is 1160. The van der Waals surface area contributed by atoms with Gasteiger partial charge in [0.15, 0.2) is 5.75 Å². The summed E-state index contributed by atoms with van der Waals surface area (Å²) in [5.41, 5.74) is 3.27. The smallest absolute Gasteiger partial charge is 0.482 e. The number of methoxy groups -OCH3 is 1. The van der Waals surface area contributed by atoms with E-state index in [4.69, 9.17) is 4.74 Å². The molecule has 0 atom stereocenters. The Labute approximate surface area is 171 Å². The minimum atomic E-state index is -3.90. The van der Waals surface area contributed by atoms with Crippen molar-refractivity contribution in [1.29, 1.82) is 0 Å². The number of hydrogen-bond acceptors (Lipinski definition) is 5. The first kappa shape index (κ1) is 18.7. The van der Waals surface area contributed by atoms with Crippen LogP contribution in [0.15, 0.2) is 36.7 Å². The number of halogens is 2. The molecular formula is C21H20F2N4O3. The second-order valence-corrected chi connectivity index (χ2v) is 7.67. The van der Waals surface area contributed by atoms with Gasteiger partial charge >= 0.3 is 12.0 Å². The van der Waals surface area contributed by atoms with Crippen molar-refractivity contribution in [3.8, 4) is 11.5 Å². The van der Waals surface area contributed by atoms with Gasteiger partial charge in [-0.3, -0.25) is 4.79 Å². The van der Waals surface area contributed by atoms with Gasteiger partial charge in [0.1, 0.15) is 5.75 Å². The third kappa shape index (κ3) is 3.10. The molecule has 1 aliphatic carbocycles. The molecule has 30 heavy (non-hydrogen) atoms. The molecule has 0 unspecified atom stereocenters. The molecular weight excluding hydrogens is 394 g/mol. The van der Waals surface area contributed by atoms with Gasteiger partial charge < -0.3 is 24.3 Å². The fraction of sp³-hybridized carbons (Fsp3) is 0.333. The van der Waals surface area contributed by atoms with Gasteiger partial charge in [-0.1, -0.05) is 0 Å². The van der Waals surface area contributed by atoms with Crippen molar-refractivity contribution >= 4 is 34.0 Å². The second-order valence-electron chi connectivity index (χ2n) is 7.67. The van der Waals surface area contributed by atoms with Crippen LogP contribution in [0, 0.1) is 5.92 Å². The third-order valence-corrected chi connectivity index (χ3v) is 5.49. The maximum Gasteiger partial charge on any atom is 0.482 e. The van der Waals surface area contributed by atoms with E-state index >= 15 is 0 Å². The van der Waals surface area contributed by atoms with Crippen molar-refractivity contribution in [2.24, 2.45) is 5.92 Å². The quantitative estimate of drug-likeness (QED) is 0.680. The van der Waals surface area contributed by atoms with Gasteiger partial charge in [0.25, 0.3) is 0 Å². The standard InChI is InChI=1S/C21H20F2N4O3/c1-26-16-6-5-13(7-19(16)30-21(22,23)20(26)28)25-15-8-17-14(9-18(15)29-2)24-11-27(17)10-12-3-4-12/h5-9,11-12,25H,3-4,10H2,1-2H3. The molecule has 0 bridgehead atoms. The summed E-state index contributed by atoms with van der Waals surface area (Å²) in [5, 5.41) is 3.21. The molecule has 5 rings (SSSR count). The number of fused-ring (bicyclic) bond motifs is 2. The molecule has 7 nitrogen and oxygen atoms in total. The SMILES string of the molecule is COc1cc2ncn(CC3CC3)c2cc1Nc1ccc2c(c1)OC(F)(F)C(=O)N2C. The van der Waals surface area contributed by atoms with Gasteiger partial charge in [-0.15, -0.1) is 0 Å². The molecule has 1 amide bonds. The minimum Gasteiger partial charge on any atom is -0.494 e. The van der Waals surface area contributed by atoms with Gasteiger partial charge in [0.05, 0.1) is 35.8 Å². The summed E-state index contributed by atoms with van der Waals surface area (Å²) in [6, 6.07) is 8.48. The van der Waals surface area contributed by atoms with Crippen molar-refractivity contribution in [2.45, 2.75) is 25.5 Å². The van der Waals surface area contributed by atoms with Crippen molar-refractivity contribution in [2.75, 3.05) is 24.4 Å². The van der Waals surface area contributed by atoms with E-state index in [0.717, 1.165) is 22.5 Å². The van der Waals surface area contributed by atoms with Crippen LogP contribution in [0.5, 0.6) is 11.5 Å². The summed E-state index contributed by atoms with van der Waals surface area (Å²) in [4.78, 5) is 17.0. The maximum atomic E-state index is 13.8. The van der Waals surface area contributed by atoms with Crippen LogP contribution in [-0.4, -0.2) is 35.7 Å². The van der Waals surface area contributed by atoms with Gasteiger partial charge in [-0.05, 0) is 37.0 Å². The molecule has 1 N–H and O–H groups in total. The predicted octanol–water partition coefficient (Wildman–Crippen LogP) is 4.15. The number of amides is 1. The second kappa shape index (κ2) is 6.58. The lowest BCUT2D eigenvalue weighted by Gasteiger charge is -2.31. The van der Waals surface area contributed by atoms with Crippen molar-refractivity contribution in [3.63, 3.8) is 0 Å². The number of imidazole rings is 1. The molecule has 2 aliphatic rings. The zero-order valence-corrected chi connectivity index (χ0v) is 16.5. The van der Waals surface area contributed by atoms with E-state index in [2.05, 4.69) is 19.6 Å². The number of carbonyl (C=O) groups excluding carboxylic acids is 1. The largest absolute Gasteiger partial charge is 0.494 e. The number of benzene rings is 2. The number of ether oxygens (including phenoxy) is 2. The Balaban J connectivity index is 1.50. The molecule has 1 saturated carbocycles. The van der Waals surface area contributed by atoms with Crippen LogP contribution in [0.3, 0.4) is 0 Å². The van der Waals surface area contributed by atoms with E-state index in [1.807, 2.05) is 18.5 Å². The Morgan fingerprint density at radius 2 is 2.10 bits per heavy atom. The highest BCUT2D eigenvalue weighted by molar-refractivity contribution is 6.00. The van der Waals surface area contributed by atoms with Crippen molar-refractivity contribution < 1.29 is 23.0 Å². The van der Waals surface area contributed by atoms with Crippen molar-refractivity contribution in [1.82, 2.24) is 9.55 Å². The molecule has 9 heteroatoms. The van der Waals surface area contributed by atoms with E-state index in [1.165, 1.54) is 26.0 Å². The Kier molecular flexibility index (Phi) is 4.09.